The molecule has 2 aromatic rings. The molecule has 4 rings (SSSR count). The number of hydrogen-bond acceptors (Lipinski definition) is 5. The van der Waals surface area contributed by atoms with Gasteiger partial charge in [-0.1, -0.05) is 12.1 Å². The van der Waals surface area contributed by atoms with Crippen LogP contribution in [0.3, 0.4) is 0 Å². The van der Waals surface area contributed by atoms with Gasteiger partial charge in [0.1, 0.15) is 0 Å². The van der Waals surface area contributed by atoms with Gasteiger partial charge in [0.2, 0.25) is 5.91 Å². The highest BCUT2D eigenvalue weighted by atomic mass is 16.2. The SMILES string of the molecule is CC(=O)Nc1ccn(C(=O)N2CCN(Cc3ccc(C)cc3N3CCCC3)CC2)n1. The number of hydrogen-bond donors (Lipinski definition) is 1. The standard InChI is InChI=1S/C22H30N6O2/c1-17-5-6-19(20(15-17)26-8-3-4-9-26)16-25-11-13-27(14-12-25)22(30)28-10-7-21(24-28)23-18(2)29/h5-7,10,15H,3-4,8-9,11-14,16H2,1-2H3,(H,23,24,29). The van der Waals surface area contributed by atoms with Gasteiger partial charge in [-0.3, -0.25) is 9.69 Å². The predicted molar refractivity (Wildman–Crippen MR) is 117 cm³/mol. The maximum absolute atomic E-state index is 12.7. The number of nitrogens with zero attached hydrogens (tertiary/aromatic N) is 5. The van der Waals surface area contributed by atoms with E-state index in [0.717, 1.165) is 32.7 Å². The van der Waals surface area contributed by atoms with Gasteiger partial charge in [0.25, 0.3) is 0 Å². The number of carbonyl (C=O) groups is 2. The van der Waals surface area contributed by atoms with Crippen LogP contribution in [0.25, 0.3) is 0 Å². The first-order chi connectivity index (χ1) is 14.5. The molecule has 1 aromatic heterocycles. The van der Waals surface area contributed by atoms with Crippen molar-refractivity contribution in [2.45, 2.75) is 33.2 Å². The average molecular weight is 411 g/mol. The minimum absolute atomic E-state index is 0.153. The fraction of sp³-hybridized carbons (Fsp3) is 0.500. The van der Waals surface area contributed by atoms with Crippen LogP contribution < -0.4 is 10.2 Å². The molecular formula is C22H30N6O2. The first-order valence-corrected chi connectivity index (χ1v) is 10.7. The molecule has 0 saturated carbocycles. The molecule has 2 saturated heterocycles. The van der Waals surface area contributed by atoms with Gasteiger partial charge in [-0.15, -0.1) is 5.10 Å². The van der Waals surface area contributed by atoms with Crippen molar-refractivity contribution in [3.8, 4) is 0 Å². The zero-order chi connectivity index (χ0) is 21.1. The van der Waals surface area contributed by atoms with E-state index in [-0.39, 0.29) is 11.9 Å². The summed E-state index contributed by atoms with van der Waals surface area (Å²) in [5, 5.41) is 6.75. The molecule has 0 bridgehead atoms. The number of anilines is 2. The Balaban J connectivity index is 1.35. The highest BCUT2D eigenvalue weighted by Gasteiger charge is 2.24. The minimum atomic E-state index is -0.203. The van der Waals surface area contributed by atoms with E-state index in [1.165, 1.54) is 41.3 Å². The van der Waals surface area contributed by atoms with Gasteiger partial charge < -0.3 is 15.1 Å². The molecule has 0 aliphatic carbocycles. The van der Waals surface area contributed by atoms with Gasteiger partial charge in [0.05, 0.1) is 0 Å². The molecule has 2 amide bonds. The number of benzene rings is 1. The first-order valence-electron chi connectivity index (χ1n) is 10.7. The lowest BCUT2D eigenvalue weighted by atomic mass is 10.1. The number of nitrogens with one attached hydrogen (secondary N) is 1. The Kier molecular flexibility index (Phi) is 6.03. The Morgan fingerprint density at radius 3 is 2.47 bits per heavy atom. The van der Waals surface area contributed by atoms with Crippen LogP contribution in [-0.2, 0) is 11.3 Å². The maximum Gasteiger partial charge on any atom is 0.344 e. The lowest BCUT2D eigenvalue weighted by molar-refractivity contribution is -0.114. The maximum atomic E-state index is 12.7. The number of aryl methyl sites for hydroxylation is 1. The van der Waals surface area contributed by atoms with E-state index in [9.17, 15) is 9.59 Å². The van der Waals surface area contributed by atoms with E-state index in [1.807, 2.05) is 4.90 Å². The molecule has 2 aliphatic rings. The molecule has 30 heavy (non-hydrogen) atoms. The van der Waals surface area contributed by atoms with Crippen LogP contribution in [0.1, 0.15) is 30.9 Å². The highest BCUT2D eigenvalue weighted by Crippen LogP contribution is 2.27. The fourth-order valence-corrected chi connectivity index (χ4v) is 4.22. The normalized spacial score (nSPS) is 17.4. The number of rotatable bonds is 4. The molecule has 1 N–H and O–H groups in total. The lowest BCUT2D eigenvalue weighted by Gasteiger charge is -2.35. The smallest absolute Gasteiger partial charge is 0.344 e. The quantitative estimate of drug-likeness (QED) is 0.839. The second-order valence-electron chi connectivity index (χ2n) is 8.20. The summed E-state index contributed by atoms with van der Waals surface area (Å²) in [7, 11) is 0. The molecule has 0 unspecified atom stereocenters. The van der Waals surface area contributed by atoms with Gasteiger partial charge in [-0.2, -0.15) is 4.68 Å². The summed E-state index contributed by atoms with van der Waals surface area (Å²) in [6.07, 6.45) is 4.13. The second kappa shape index (κ2) is 8.87. The molecule has 2 fully saturated rings. The number of piperazine rings is 1. The Morgan fingerprint density at radius 2 is 1.77 bits per heavy atom. The van der Waals surface area contributed by atoms with E-state index in [0.29, 0.717) is 18.9 Å². The Hall–Kier alpha value is -2.87. The molecule has 0 radical (unpaired) electrons. The summed E-state index contributed by atoms with van der Waals surface area (Å²) in [6.45, 7) is 9.76. The van der Waals surface area contributed by atoms with E-state index in [2.05, 4.69) is 45.3 Å². The molecule has 0 spiro atoms. The van der Waals surface area contributed by atoms with E-state index < -0.39 is 0 Å². The van der Waals surface area contributed by atoms with Crippen molar-refractivity contribution >= 4 is 23.4 Å². The Labute approximate surface area is 177 Å². The van der Waals surface area contributed by atoms with Crippen LogP contribution in [0.4, 0.5) is 16.3 Å². The summed E-state index contributed by atoms with van der Waals surface area (Å²) in [4.78, 5) is 30.6. The van der Waals surface area contributed by atoms with Crippen LogP contribution in [-0.4, -0.2) is 70.8 Å². The van der Waals surface area contributed by atoms with E-state index in [4.69, 9.17) is 0 Å². The number of carbonyl (C=O) groups excluding carboxylic acids is 2. The van der Waals surface area contributed by atoms with Crippen molar-refractivity contribution in [1.29, 1.82) is 0 Å². The molecule has 160 valence electrons. The second-order valence-corrected chi connectivity index (χ2v) is 8.20. The van der Waals surface area contributed by atoms with Gasteiger partial charge >= 0.3 is 6.03 Å². The molecular weight excluding hydrogens is 380 g/mol. The third-order valence-corrected chi connectivity index (χ3v) is 5.81. The topological polar surface area (TPSA) is 73.7 Å². The van der Waals surface area contributed by atoms with Crippen molar-refractivity contribution in [2.75, 3.05) is 49.5 Å². The molecule has 2 aliphatic heterocycles. The summed E-state index contributed by atoms with van der Waals surface area (Å²) in [5.41, 5.74) is 4.04. The third-order valence-electron chi connectivity index (χ3n) is 5.81. The zero-order valence-electron chi connectivity index (χ0n) is 17.8. The van der Waals surface area contributed by atoms with Crippen molar-refractivity contribution in [3.63, 3.8) is 0 Å². The minimum Gasteiger partial charge on any atom is -0.371 e. The van der Waals surface area contributed by atoms with Crippen molar-refractivity contribution < 1.29 is 9.59 Å². The average Bonchev–Trinajstić information content (AvgIpc) is 3.41. The summed E-state index contributed by atoms with van der Waals surface area (Å²) >= 11 is 0. The van der Waals surface area contributed by atoms with Crippen molar-refractivity contribution in [1.82, 2.24) is 19.6 Å². The Morgan fingerprint density at radius 1 is 1.03 bits per heavy atom. The van der Waals surface area contributed by atoms with E-state index in [1.54, 1.807) is 12.3 Å². The fourth-order valence-electron chi connectivity index (χ4n) is 4.22. The van der Waals surface area contributed by atoms with Crippen molar-refractivity contribution in [2.24, 2.45) is 0 Å². The van der Waals surface area contributed by atoms with Gasteiger partial charge in [-0.05, 0) is 37.0 Å². The third kappa shape index (κ3) is 4.64. The molecule has 1 aromatic carbocycles. The van der Waals surface area contributed by atoms with Crippen LogP contribution in [0.5, 0.6) is 0 Å². The summed E-state index contributed by atoms with van der Waals surface area (Å²) in [5.74, 6) is 0.189. The molecule has 0 atom stereocenters. The van der Waals surface area contributed by atoms with Crippen LogP contribution >= 0.6 is 0 Å². The highest BCUT2D eigenvalue weighted by molar-refractivity contribution is 5.88. The summed E-state index contributed by atoms with van der Waals surface area (Å²) in [6, 6.07) is 8.24. The lowest BCUT2D eigenvalue weighted by Crippen LogP contribution is -2.49. The van der Waals surface area contributed by atoms with Crippen LogP contribution in [0, 0.1) is 6.92 Å². The number of aromatic nitrogens is 2. The molecule has 8 nitrogen and oxygen atoms in total. The van der Waals surface area contributed by atoms with Gasteiger partial charge in [0, 0.05) is 70.7 Å². The van der Waals surface area contributed by atoms with Crippen molar-refractivity contribution in [3.05, 3.63) is 41.6 Å². The summed E-state index contributed by atoms with van der Waals surface area (Å²) < 4.78 is 1.30. The van der Waals surface area contributed by atoms with Gasteiger partial charge in [0.15, 0.2) is 5.82 Å². The molecule has 3 heterocycles. The predicted octanol–water partition coefficient (Wildman–Crippen LogP) is 2.54. The van der Waals surface area contributed by atoms with E-state index >= 15 is 0 Å². The number of amides is 2. The monoisotopic (exact) mass is 410 g/mol. The van der Waals surface area contributed by atoms with Crippen LogP contribution in [0.2, 0.25) is 0 Å². The molecule has 8 heteroatoms. The largest absolute Gasteiger partial charge is 0.371 e. The first kappa shape index (κ1) is 20.4. The zero-order valence-corrected chi connectivity index (χ0v) is 17.8. The van der Waals surface area contributed by atoms with Gasteiger partial charge in [-0.25, -0.2) is 4.79 Å². The van der Waals surface area contributed by atoms with Crippen LogP contribution in [0.15, 0.2) is 30.5 Å². The Bertz CT molecular complexity index is 910.